The van der Waals surface area contributed by atoms with Gasteiger partial charge in [0.2, 0.25) is 5.91 Å². The molecule has 1 heterocycles. The maximum atomic E-state index is 13.2. The van der Waals surface area contributed by atoms with Crippen LogP contribution in [0.5, 0.6) is 0 Å². The molecule has 3 heteroatoms. The van der Waals surface area contributed by atoms with Crippen molar-refractivity contribution in [1.29, 1.82) is 0 Å². The number of benzene rings is 2. The van der Waals surface area contributed by atoms with Gasteiger partial charge in [-0.05, 0) is 38.2 Å². The molecule has 3 rings (SSSR count). The molecule has 22 heavy (non-hydrogen) atoms. The summed E-state index contributed by atoms with van der Waals surface area (Å²) in [7, 11) is 4.06. The number of hydrogen-bond donors (Lipinski definition) is 0. The van der Waals surface area contributed by atoms with Crippen LogP contribution >= 0.6 is 0 Å². The number of nitrogens with zero attached hydrogens (tertiary/aromatic N) is 2. The molecule has 0 spiro atoms. The van der Waals surface area contributed by atoms with Crippen molar-refractivity contribution in [3.63, 3.8) is 0 Å². The highest BCUT2D eigenvalue weighted by Gasteiger charge is 2.48. The molecule has 0 radical (unpaired) electrons. The highest BCUT2D eigenvalue weighted by molar-refractivity contribution is 6.10. The van der Waals surface area contributed by atoms with Crippen LogP contribution in [-0.4, -0.2) is 38.0 Å². The highest BCUT2D eigenvalue weighted by atomic mass is 16.2. The molecule has 0 saturated heterocycles. The molecule has 2 aromatic rings. The molecule has 1 aliphatic heterocycles. The lowest BCUT2D eigenvalue weighted by molar-refractivity contribution is -0.121. The third kappa shape index (κ3) is 2.22. The standard InChI is InChI=1S/C19H22N2O/c1-19(15-9-5-4-6-10-15)16-11-7-8-12-17(16)21(18(19)22)14-13-20(2)3/h4-12H,13-14H2,1-3H3. The maximum Gasteiger partial charge on any atom is 0.241 e. The van der Waals surface area contributed by atoms with E-state index in [1.807, 2.05) is 68.4 Å². The van der Waals surface area contributed by atoms with Crippen molar-refractivity contribution >= 4 is 11.6 Å². The Morgan fingerprint density at radius 3 is 2.32 bits per heavy atom. The van der Waals surface area contributed by atoms with E-state index in [0.29, 0.717) is 6.54 Å². The van der Waals surface area contributed by atoms with Crippen LogP contribution in [0.4, 0.5) is 5.69 Å². The summed E-state index contributed by atoms with van der Waals surface area (Å²) < 4.78 is 0. The van der Waals surface area contributed by atoms with Crippen molar-refractivity contribution in [3.05, 3.63) is 65.7 Å². The van der Waals surface area contributed by atoms with Gasteiger partial charge in [-0.1, -0.05) is 48.5 Å². The van der Waals surface area contributed by atoms with Crippen molar-refractivity contribution in [2.75, 3.05) is 32.1 Å². The molecular weight excluding hydrogens is 272 g/mol. The average molecular weight is 294 g/mol. The molecule has 0 fully saturated rings. The number of hydrogen-bond acceptors (Lipinski definition) is 2. The monoisotopic (exact) mass is 294 g/mol. The van der Waals surface area contributed by atoms with Gasteiger partial charge in [0.05, 0.1) is 5.41 Å². The Bertz CT molecular complexity index is 681. The summed E-state index contributed by atoms with van der Waals surface area (Å²) in [5.74, 6) is 0.168. The molecule has 1 aliphatic rings. The first-order chi connectivity index (χ1) is 10.5. The summed E-state index contributed by atoms with van der Waals surface area (Å²) in [4.78, 5) is 17.2. The van der Waals surface area contributed by atoms with E-state index in [9.17, 15) is 4.79 Å². The van der Waals surface area contributed by atoms with E-state index in [1.54, 1.807) is 0 Å². The minimum Gasteiger partial charge on any atom is -0.310 e. The Morgan fingerprint density at radius 1 is 1.00 bits per heavy atom. The van der Waals surface area contributed by atoms with Crippen LogP contribution in [0.1, 0.15) is 18.1 Å². The maximum absolute atomic E-state index is 13.2. The number of likely N-dealkylation sites (N-methyl/N-ethyl adjacent to an activating group) is 1. The first-order valence-electron chi connectivity index (χ1n) is 7.67. The number of carbonyl (C=O) groups is 1. The summed E-state index contributed by atoms with van der Waals surface area (Å²) in [5, 5.41) is 0. The Labute approximate surface area is 132 Å². The first-order valence-corrected chi connectivity index (χ1v) is 7.67. The van der Waals surface area contributed by atoms with E-state index in [0.717, 1.165) is 23.4 Å². The fourth-order valence-electron chi connectivity index (χ4n) is 3.20. The smallest absolute Gasteiger partial charge is 0.241 e. The van der Waals surface area contributed by atoms with E-state index in [1.165, 1.54) is 0 Å². The molecule has 1 unspecified atom stereocenters. The van der Waals surface area contributed by atoms with Gasteiger partial charge < -0.3 is 9.80 Å². The lowest BCUT2D eigenvalue weighted by Gasteiger charge is -2.25. The van der Waals surface area contributed by atoms with Gasteiger partial charge in [-0.3, -0.25) is 4.79 Å². The summed E-state index contributed by atoms with van der Waals surface area (Å²) >= 11 is 0. The number of amides is 1. The lowest BCUT2D eigenvalue weighted by Crippen LogP contribution is -2.41. The Kier molecular flexibility index (Phi) is 3.75. The van der Waals surface area contributed by atoms with Crippen LogP contribution in [0.3, 0.4) is 0 Å². The first kappa shape index (κ1) is 14.8. The number of rotatable bonds is 4. The number of para-hydroxylation sites is 1. The highest BCUT2D eigenvalue weighted by Crippen LogP contribution is 2.45. The second-order valence-electron chi connectivity index (χ2n) is 6.27. The molecule has 1 atom stereocenters. The zero-order valence-electron chi connectivity index (χ0n) is 13.4. The van der Waals surface area contributed by atoms with Gasteiger partial charge in [-0.15, -0.1) is 0 Å². The normalized spacial score (nSPS) is 20.5. The van der Waals surface area contributed by atoms with Gasteiger partial charge in [0, 0.05) is 18.8 Å². The zero-order valence-corrected chi connectivity index (χ0v) is 13.4. The van der Waals surface area contributed by atoms with Crippen LogP contribution in [0, 0.1) is 0 Å². The van der Waals surface area contributed by atoms with E-state index in [-0.39, 0.29) is 5.91 Å². The van der Waals surface area contributed by atoms with Gasteiger partial charge in [0.25, 0.3) is 0 Å². The molecule has 0 saturated carbocycles. The SMILES string of the molecule is CN(C)CCN1C(=O)C(C)(c2ccccc2)c2ccccc21. The van der Waals surface area contributed by atoms with Gasteiger partial charge in [-0.25, -0.2) is 0 Å². The lowest BCUT2D eigenvalue weighted by atomic mass is 9.77. The molecule has 3 nitrogen and oxygen atoms in total. The third-order valence-electron chi connectivity index (χ3n) is 4.53. The second-order valence-corrected chi connectivity index (χ2v) is 6.27. The van der Waals surface area contributed by atoms with Crippen molar-refractivity contribution in [2.24, 2.45) is 0 Å². The summed E-state index contributed by atoms with van der Waals surface area (Å²) in [6.07, 6.45) is 0. The van der Waals surface area contributed by atoms with Gasteiger partial charge >= 0.3 is 0 Å². The fourth-order valence-corrected chi connectivity index (χ4v) is 3.20. The van der Waals surface area contributed by atoms with E-state index < -0.39 is 5.41 Å². The molecule has 0 aromatic heterocycles. The predicted molar refractivity (Wildman–Crippen MR) is 90.2 cm³/mol. The third-order valence-corrected chi connectivity index (χ3v) is 4.53. The molecular formula is C19H22N2O. The molecule has 1 amide bonds. The Morgan fingerprint density at radius 2 is 1.64 bits per heavy atom. The van der Waals surface area contributed by atoms with Gasteiger partial charge in [-0.2, -0.15) is 0 Å². The fraction of sp³-hybridized carbons (Fsp3) is 0.316. The van der Waals surface area contributed by atoms with E-state index in [2.05, 4.69) is 17.0 Å². The van der Waals surface area contributed by atoms with E-state index in [4.69, 9.17) is 0 Å². The Balaban J connectivity index is 2.08. The minimum absolute atomic E-state index is 0.168. The van der Waals surface area contributed by atoms with Gasteiger partial charge in [0.15, 0.2) is 0 Å². The molecule has 0 bridgehead atoms. The summed E-state index contributed by atoms with van der Waals surface area (Å²) in [6.45, 7) is 3.61. The zero-order chi connectivity index (χ0) is 15.7. The molecule has 114 valence electrons. The van der Waals surface area contributed by atoms with Crippen LogP contribution in [0.15, 0.2) is 54.6 Å². The Hall–Kier alpha value is -2.13. The second kappa shape index (κ2) is 5.58. The largest absolute Gasteiger partial charge is 0.310 e. The molecule has 0 N–H and O–H groups in total. The quantitative estimate of drug-likeness (QED) is 0.865. The van der Waals surface area contributed by atoms with Crippen LogP contribution < -0.4 is 4.90 Å². The molecule has 2 aromatic carbocycles. The van der Waals surface area contributed by atoms with Crippen molar-refractivity contribution in [2.45, 2.75) is 12.3 Å². The van der Waals surface area contributed by atoms with Crippen molar-refractivity contribution in [3.8, 4) is 0 Å². The predicted octanol–water partition coefficient (Wildman–Crippen LogP) is 2.90. The van der Waals surface area contributed by atoms with E-state index >= 15 is 0 Å². The van der Waals surface area contributed by atoms with Crippen molar-refractivity contribution in [1.82, 2.24) is 4.90 Å². The summed E-state index contributed by atoms with van der Waals surface area (Å²) in [5.41, 5.74) is 2.61. The van der Waals surface area contributed by atoms with Crippen LogP contribution in [0.25, 0.3) is 0 Å². The molecule has 0 aliphatic carbocycles. The average Bonchev–Trinajstić information content (AvgIpc) is 2.76. The number of anilines is 1. The number of fused-ring (bicyclic) bond motifs is 1. The minimum atomic E-state index is -0.593. The van der Waals surface area contributed by atoms with Crippen molar-refractivity contribution < 1.29 is 4.79 Å². The topological polar surface area (TPSA) is 23.6 Å². The van der Waals surface area contributed by atoms with Crippen LogP contribution in [0.2, 0.25) is 0 Å². The van der Waals surface area contributed by atoms with Crippen LogP contribution in [-0.2, 0) is 10.2 Å². The summed E-state index contributed by atoms with van der Waals surface area (Å²) in [6, 6.07) is 18.2. The van der Waals surface area contributed by atoms with Gasteiger partial charge in [0.1, 0.15) is 0 Å². The number of carbonyl (C=O) groups excluding carboxylic acids is 1.